The average molecular weight is 663 g/mol. The van der Waals surface area contributed by atoms with Gasteiger partial charge in [0.1, 0.15) is 11.4 Å². The molecule has 3 N–H and O–H groups in total. The highest BCUT2D eigenvalue weighted by Gasteiger charge is 2.19. The minimum atomic E-state index is -0.498. The van der Waals surface area contributed by atoms with E-state index in [0.29, 0.717) is 34.3 Å². The number of anilines is 2. The van der Waals surface area contributed by atoms with E-state index in [1.807, 2.05) is 93.6 Å². The highest BCUT2D eigenvalue weighted by molar-refractivity contribution is 8.00. The molecule has 0 aliphatic rings. The maximum Gasteiger partial charge on any atom is 0.272 e. The summed E-state index contributed by atoms with van der Waals surface area (Å²) in [4.78, 5) is 46.0. The minimum Gasteiger partial charge on any atom is -0.493 e. The van der Waals surface area contributed by atoms with Crippen LogP contribution in [-0.4, -0.2) is 34.6 Å². The van der Waals surface area contributed by atoms with Crippen LogP contribution in [0.3, 0.4) is 0 Å². The molecule has 5 aromatic rings. The van der Waals surface area contributed by atoms with Gasteiger partial charge in [-0.15, -0.1) is 23.1 Å². The minimum absolute atomic E-state index is 0.0580. The first kappa shape index (κ1) is 33.2. The zero-order valence-electron chi connectivity index (χ0n) is 26.2. The number of thiazole rings is 1. The first-order valence-corrected chi connectivity index (χ1v) is 16.7. The Balaban J connectivity index is 1.25. The predicted molar refractivity (Wildman–Crippen MR) is 191 cm³/mol. The van der Waals surface area contributed by atoms with Crippen LogP contribution in [0.2, 0.25) is 0 Å². The smallest absolute Gasteiger partial charge is 0.272 e. The number of carbonyl (C=O) groups is 3. The third-order valence-electron chi connectivity index (χ3n) is 6.92. The number of ether oxygens (including phenoxy) is 1. The van der Waals surface area contributed by atoms with Crippen molar-refractivity contribution in [1.82, 2.24) is 10.3 Å². The Bertz CT molecular complexity index is 1870. The van der Waals surface area contributed by atoms with Crippen molar-refractivity contribution in [3.8, 4) is 17.0 Å². The normalized spacial score (nSPS) is 11.8. The maximum absolute atomic E-state index is 13.5. The van der Waals surface area contributed by atoms with E-state index in [1.54, 1.807) is 42.5 Å². The summed E-state index contributed by atoms with van der Waals surface area (Å²) < 4.78 is 5.72. The molecule has 0 spiro atoms. The van der Waals surface area contributed by atoms with Gasteiger partial charge in [0.05, 0.1) is 17.6 Å². The number of hydrogen-bond donors (Lipinski definition) is 3. The van der Waals surface area contributed by atoms with Crippen LogP contribution >= 0.6 is 23.1 Å². The Morgan fingerprint density at radius 1 is 0.872 bits per heavy atom. The van der Waals surface area contributed by atoms with Gasteiger partial charge in [0.15, 0.2) is 5.13 Å². The van der Waals surface area contributed by atoms with Crippen LogP contribution in [0.4, 0.5) is 10.8 Å². The van der Waals surface area contributed by atoms with Crippen molar-refractivity contribution in [3.63, 3.8) is 0 Å². The maximum atomic E-state index is 13.5. The Morgan fingerprint density at radius 2 is 1.53 bits per heavy atom. The molecule has 1 aromatic heterocycles. The molecule has 5 rings (SSSR count). The molecule has 0 aliphatic heterocycles. The van der Waals surface area contributed by atoms with Crippen LogP contribution in [-0.2, 0) is 9.59 Å². The van der Waals surface area contributed by atoms with Gasteiger partial charge in [0, 0.05) is 32.2 Å². The summed E-state index contributed by atoms with van der Waals surface area (Å²) in [5.41, 5.74) is 3.53. The molecule has 4 aromatic carbocycles. The van der Waals surface area contributed by atoms with Crippen molar-refractivity contribution in [3.05, 3.63) is 131 Å². The van der Waals surface area contributed by atoms with Crippen LogP contribution in [0, 0.1) is 6.92 Å². The van der Waals surface area contributed by atoms with Gasteiger partial charge in [-0.3, -0.25) is 14.4 Å². The average Bonchev–Trinajstić information content (AvgIpc) is 3.46. The highest BCUT2D eigenvalue weighted by Crippen LogP contribution is 2.31. The second kappa shape index (κ2) is 15.9. The lowest BCUT2D eigenvalue weighted by molar-refractivity contribution is -0.115. The van der Waals surface area contributed by atoms with Crippen LogP contribution in [0.5, 0.6) is 5.75 Å². The molecule has 3 amide bonds. The van der Waals surface area contributed by atoms with E-state index in [-0.39, 0.29) is 11.6 Å². The molecule has 1 heterocycles. The standard InChI is InChI=1S/C37H34N4O4S2/c1-4-45-32-18-12-11-17-28(32)23-31(39-35(43)27-15-9-6-10-16-27)36(44)38-29-19-21-30(22-20-29)46-25(3)34(42)41-37-40-33(24(2)47-37)26-13-7-5-8-14-26/h5-23,25H,4H2,1-3H3,(H,38,44)(H,39,43)(H,40,41,42)/b31-23-. The molecule has 0 bridgehead atoms. The van der Waals surface area contributed by atoms with Gasteiger partial charge in [-0.05, 0) is 69.3 Å². The number of thioether (sulfide) groups is 1. The van der Waals surface area contributed by atoms with E-state index in [2.05, 4.69) is 20.9 Å². The van der Waals surface area contributed by atoms with Crippen molar-refractivity contribution in [1.29, 1.82) is 0 Å². The van der Waals surface area contributed by atoms with Crippen molar-refractivity contribution >= 4 is 57.7 Å². The zero-order chi connectivity index (χ0) is 33.2. The zero-order valence-corrected chi connectivity index (χ0v) is 27.8. The second-order valence-corrected chi connectivity index (χ2v) is 13.0. The number of carbonyl (C=O) groups excluding carboxylic acids is 3. The molecular weight excluding hydrogens is 629 g/mol. The number of benzene rings is 4. The number of aryl methyl sites for hydroxylation is 1. The SMILES string of the molecule is CCOc1ccccc1/C=C(\NC(=O)c1ccccc1)C(=O)Nc1ccc(SC(C)C(=O)Nc2nc(-c3ccccc3)c(C)s2)cc1. The number of nitrogens with one attached hydrogen (secondary N) is 3. The lowest BCUT2D eigenvalue weighted by atomic mass is 10.1. The lowest BCUT2D eigenvalue weighted by Gasteiger charge is -2.14. The van der Waals surface area contributed by atoms with Crippen LogP contribution in [0.15, 0.2) is 120 Å². The molecule has 0 aliphatic carbocycles. The Kier molecular flexibility index (Phi) is 11.2. The number of aromatic nitrogens is 1. The Labute approximate surface area is 282 Å². The van der Waals surface area contributed by atoms with Gasteiger partial charge < -0.3 is 20.7 Å². The summed E-state index contributed by atoms with van der Waals surface area (Å²) in [7, 11) is 0. The number of nitrogens with zero attached hydrogens (tertiary/aromatic N) is 1. The van der Waals surface area contributed by atoms with Crippen LogP contribution < -0.4 is 20.7 Å². The molecule has 10 heteroatoms. The van der Waals surface area contributed by atoms with E-state index in [0.717, 1.165) is 21.0 Å². The molecule has 0 saturated heterocycles. The molecule has 8 nitrogen and oxygen atoms in total. The van der Waals surface area contributed by atoms with Crippen molar-refractivity contribution in [2.45, 2.75) is 30.9 Å². The molecule has 1 atom stereocenters. The largest absolute Gasteiger partial charge is 0.493 e. The first-order valence-electron chi connectivity index (χ1n) is 15.0. The fourth-order valence-electron chi connectivity index (χ4n) is 4.58. The molecule has 0 radical (unpaired) electrons. The monoisotopic (exact) mass is 662 g/mol. The number of amides is 3. The molecular formula is C37H34N4O4S2. The van der Waals surface area contributed by atoms with Crippen molar-refractivity contribution in [2.24, 2.45) is 0 Å². The van der Waals surface area contributed by atoms with Gasteiger partial charge in [-0.25, -0.2) is 4.98 Å². The second-order valence-electron chi connectivity index (χ2n) is 10.4. The first-order chi connectivity index (χ1) is 22.8. The summed E-state index contributed by atoms with van der Waals surface area (Å²) in [6.07, 6.45) is 1.60. The van der Waals surface area contributed by atoms with E-state index < -0.39 is 17.1 Å². The molecule has 238 valence electrons. The number of para-hydroxylation sites is 1. The molecule has 0 fully saturated rings. The summed E-state index contributed by atoms with van der Waals surface area (Å²) in [5, 5.41) is 8.73. The third kappa shape index (κ3) is 8.96. The van der Waals surface area contributed by atoms with Gasteiger partial charge in [-0.2, -0.15) is 0 Å². The summed E-state index contributed by atoms with van der Waals surface area (Å²) >= 11 is 2.84. The molecule has 1 unspecified atom stereocenters. The third-order valence-corrected chi connectivity index (χ3v) is 8.91. The van der Waals surface area contributed by atoms with Crippen molar-refractivity contribution < 1.29 is 19.1 Å². The van der Waals surface area contributed by atoms with Crippen LogP contribution in [0.1, 0.15) is 34.6 Å². The topological polar surface area (TPSA) is 109 Å². The van der Waals surface area contributed by atoms with E-state index >= 15 is 0 Å². The highest BCUT2D eigenvalue weighted by atomic mass is 32.2. The van der Waals surface area contributed by atoms with E-state index in [1.165, 1.54) is 23.1 Å². The van der Waals surface area contributed by atoms with E-state index in [9.17, 15) is 14.4 Å². The fourth-order valence-corrected chi connectivity index (χ4v) is 6.28. The fraction of sp³-hybridized carbons (Fsp3) is 0.135. The van der Waals surface area contributed by atoms with Gasteiger partial charge in [0.2, 0.25) is 5.91 Å². The summed E-state index contributed by atoms with van der Waals surface area (Å²) in [6, 6.07) is 33.0. The Morgan fingerprint density at radius 3 is 2.23 bits per heavy atom. The van der Waals surface area contributed by atoms with E-state index in [4.69, 9.17) is 4.74 Å². The van der Waals surface area contributed by atoms with Gasteiger partial charge in [0.25, 0.3) is 11.8 Å². The van der Waals surface area contributed by atoms with Gasteiger partial charge in [-0.1, -0.05) is 66.7 Å². The summed E-state index contributed by atoms with van der Waals surface area (Å²) in [5.74, 6) is -0.473. The molecule has 0 saturated carbocycles. The predicted octanol–water partition coefficient (Wildman–Crippen LogP) is 8.05. The lowest BCUT2D eigenvalue weighted by Crippen LogP contribution is -2.30. The van der Waals surface area contributed by atoms with Crippen molar-refractivity contribution in [2.75, 3.05) is 17.2 Å². The Hall–Kier alpha value is -5.19. The van der Waals surface area contributed by atoms with Gasteiger partial charge >= 0.3 is 0 Å². The number of hydrogen-bond acceptors (Lipinski definition) is 7. The van der Waals surface area contributed by atoms with Crippen LogP contribution in [0.25, 0.3) is 17.3 Å². The summed E-state index contributed by atoms with van der Waals surface area (Å²) in [6.45, 7) is 6.15. The molecule has 47 heavy (non-hydrogen) atoms. The number of rotatable bonds is 12. The quantitative estimate of drug-likeness (QED) is 0.0922.